The van der Waals surface area contributed by atoms with Crippen LogP contribution in [0.2, 0.25) is 0 Å². The van der Waals surface area contributed by atoms with Crippen molar-refractivity contribution in [3.8, 4) is 0 Å². The molecule has 0 rings (SSSR count). The van der Waals surface area contributed by atoms with Crippen LogP contribution in [0, 0.1) is 0 Å². The number of carbonyl (C=O) groups is 1. The Hall–Kier alpha value is 1.17. The molecule has 0 spiro atoms. The second-order valence-corrected chi connectivity index (χ2v) is 1.05. The summed E-state index contributed by atoms with van der Waals surface area (Å²) in [5.74, 6) is 0. The first-order valence-corrected chi connectivity index (χ1v) is 1.80. The summed E-state index contributed by atoms with van der Waals surface area (Å²) >= 11 is 6.61. The molecule has 0 aliphatic heterocycles. The van der Waals surface area contributed by atoms with Crippen molar-refractivity contribution >= 4 is 30.7 Å². The minimum Gasteiger partial charge on any atom is -1.00 e. The first-order chi connectivity index (χ1) is 2.27. The van der Waals surface area contributed by atoms with Gasteiger partial charge in [0.05, 0.1) is 0 Å². The third-order valence-corrected chi connectivity index (χ3v) is 0.587. The third kappa shape index (κ3) is 8.95. The van der Waals surface area contributed by atoms with Crippen molar-refractivity contribution in [2.75, 3.05) is 0 Å². The topological polar surface area (TPSA) is 29.1 Å². The van der Waals surface area contributed by atoms with Crippen LogP contribution < -0.4 is 34.3 Å². The van der Waals surface area contributed by atoms with Crippen LogP contribution in [0.4, 0.5) is 4.79 Å². The van der Waals surface area contributed by atoms with E-state index in [9.17, 15) is 4.79 Å². The molecule has 0 aromatic heterocycles. The number of hydrogen-bond donors (Lipinski definition) is 3. The molecule has 5 heteroatoms. The quantitative estimate of drug-likeness (QED) is 0.249. The molecule has 0 heterocycles. The fourth-order valence-electron chi connectivity index (χ4n) is 0. The van der Waals surface area contributed by atoms with E-state index in [2.05, 4.69) is 25.4 Å². The molecule has 0 radical (unpaired) electrons. The van der Waals surface area contributed by atoms with Gasteiger partial charge in [-0.25, -0.2) is 0 Å². The van der Waals surface area contributed by atoms with Gasteiger partial charge in [0.1, 0.15) is 0 Å². The Labute approximate surface area is 70.8 Å². The zero-order valence-electron chi connectivity index (χ0n) is 4.30. The molecule has 32 valence electrons. The Morgan fingerprint density at radius 3 is 2.00 bits per heavy atom. The van der Waals surface area contributed by atoms with Gasteiger partial charge in [0.15, 0.2) is 0 Å². The van der Waals surface area contributed by atoms with E-state index < -0.39 is 5.24 Å². The van der Waals surface area contributed by atoms with Gasteiger partial charge in [-0.3, -0.25) is 9.52 Å². The third-order valence-electron chi connectivity index (χ3n) is 0.0956. The molecule has 0 unspecified atom stereocenters. The van der Waals surface area contributed by atoms with E-state index in [4.69, 9.17) is 0 Å². The molecule has 1 N–H and O–H groups in total. The minimum atomic E-state index is -0.437. The summed E-state index contributed by atoms with van der Waals surface area (Å²) in [6, 6.07) is 0. The van der Waals surface area contributed by atoms with Crippen molar-refractivity contribution in [3.63, 3.8) is 0 Å². The average molecular weight is 133 g/mol. The fraction of sp³-hybridized carbons (Fsp3) is 0. The van der Waals surface area contributed by atoms with Crippen LogP contribution in [0.25, 0.3) is 0 Å². The number of rotatable bonds is 0. The van der Waals surface area contributed by atoms with Crippen LogP contribution in [0.5, 0.6) is 0 Å². The average Bonchev–Trinajstić information content (AvgIpc) is 1.38. The van der Waals surface area contributed by atoms with Crippen LogP contribution in [-0.4, -0.2) is 5.24 Å². The van der Waals surface area contributed by atoms with E-state index in [-0.39, 0.29) is 31.0 Å². The van der Waals surface area contributed by atoms with Gasteiger partial charge >= 0.3 is 29.6 Å². The van der Waals surface area contributed by atoms with Crippen LogP contribution >= 0.6 is 25.4 Å². The molecule has 0 aromatic rings. The molecule has 0 saturated heterocycles. The van der Waals surface area contributed by atoms with Gasteiger partial charge in [0.2, 0.25) is 0 Å². The van der Waals surface area contributed by atoms with Crippen LogP contribution in [0.3, 0.4) is 0 Å². The summed E-state index contributed by atoms with van der Waals surface area (Å²) in [5, 5.41) is -0.437. The summed E-state index contributed by atoms with van der Waals surface area (Å²) in [6.07, 6.45) is 0. The van der Waals surface area contributed by atoms with Crippen molar-refractivity contribution in [2.24, 2.45) is 0 Å². The molecular weight excluding hydrogens is 129 g/mol. The number of nitrogens with one attached hydrogen (secondary N) is 1. The Bertz CT molecular complexity index is 53.0. The molecule has 0 bridgehead atoms. The van der Waals surface area contributed by atoms with Crippen molar-refractivity contribution < 1.29 is 35.8 Å². The maximum absolute atomic E-state index is 9.49. The smallest absolute Gasteiger partial charge is 1.00 e. The first-order valence-electron chi connectivity index (χ1n) is 0.901. The Morgan fingerprint density at radius 1 is 1.83 bits per heavy atom. The number of hydrogen-bond acceptors (Lipinski definition) is 2. The SMILES string of the molecule is O=C(S)NS.[H-].[Na+]. The molecule has 2 nitrogen and oxygen atoms in total. The maximum atomic E-state index is 9.49. The summed E-state index contributed by atoms with van der Waals surface area (Å²) in [6.45, 7) is 0. The van der Waals surface area contributed by atoms with E-state index in [1.54, 1.807) is 0 Å². The summed E-state index contributed by atoms with van der Waals surface area (Å²) in [4.78, 5) is 9.49. The molecule has 0 saturated carbocycles. The van der Waals surface area contributed by atoms with Crippen molar-refractivity contribution in [1.82, 2.24) is 4.72 Å². The number of amides is 1. The van der Waals surface area contributed by atoms with Gasteiger partial charge < -0.3 is 1.43 Å². The maximum Gasteiger partial charge on any atom is 1.00 e. The van der Waals surface area contributed by atoms with Crippen LogP contribution in [0.1, 0.15) is 1.43 Å². The normalized spacial score (nSPS) is 5.67. The molecular formula is CH4NNaOS2. The zero-order valence-corrected chi connectivity index (χ0v) is 7.09. The van der Waals surface area contributed by atoms with Crippen molar-refractivity contribution in [1.29, 1.82) is 0 Å². The molecule has 0 aliphatic carbocycles. The molecule has 6 heavy (non-hydrogen) atoms. The summed E-state index contributed by atoms with van der Waals surface area (Å²) < 4.78 is 1.95. The monoisotopic (exact) mass is 133 g/mol. The van der Waals surface area contributed by atoms with Gasteiger partial charge in [0, 0.05) is 0 Å². The van der Waals surface area contributed by atoms with E-state index in [1.807, 2.05) is 4.72 Å². The summed E-state index contributed by atoms with van der Waals surface area (Å²) in [7, 11) is 0. The number of thiol groups is 2. The van der Waals surface area contributed by atoms with Crippen molar-refractivity contribution in [2.45, 2.75) is 0 Å². The van der Waals surface area contributed by atoms with E-state index in [1.165, 1.54) is 0 Å². The molecule has 0 atom stereocenters. The second-order valence-electron chi connectivity index (χ2n) is 0.417. The Morgan fingerprint density at radius 2 is 2.00 bits per heavy atom. The van der Waals surface area contributed by atoms with Crippen molar-refractivity contribution in [3.05, 3.63) is 0 Å². The van der Waals surface area contributed by atoms with Gasteiger partial charge in [-0.1, -0.05) is 25.4 Å². The largest absolute Gasteiger partial charge is 1.00 e. The fourth-order valence-corrected chi connectivity index (χ4v) is 0. The first kappa shape index (κ1) is 10.2. The van der Waals surface area contributed by atoms with Gasteiger partial charge in [-0.2, -0.15) is 0 Å². The summed E-state index contributed by atoms with van der Waals surface area (Å²) in [5.41, 5.74) is 0. The van der Waals surface area contributed by atoms with Crippen LogP contribution in [0.15, 0.2) is 0 Å². The molecule has 0 aliphatic rings. The minimum absolute atomic E-state index is 0. The van der Waals surface area contributed by atoms with Gasteiger partial charge in [-0.15, -0.1) is 0 Å². The Balaban J connectivity index is -0.0000000800. The van der Waals surface area contributed by atoms with Gasteiger partial charge in [-0.05, 0) is 0 Å². The predicted molar refractivity (Wildman–Crippen MR) is 27.6 cm³/mol. The van der Waals surface area contributed by atoms with E-state index >= 15 is 0 Å². The second kappa shape index (κ2) is 6.17. The molecule has 0 aromatic carbocycles. The van der Waals surface area contributed by atoms with E-state index in [0.29, 0.717) is 0 Å². The number of carbonyl (C=O) groups excluding carboxylic acids is 1. The Kier molecular flexibility index (Phi) is 10.5. The van der Waals surface area contributed by atoms with Crippen LogP contribution in [-0.2, 0) is 0 Å². The zero-order chi connectivity index (χ0) is 4.28. The van der Waals surface area contributed by atoms with E-state index in [0.717, 1.165) is 0 Å². The molecule has 1 amide bonds. The predicted octanol–water partition coefficient (Wildman–Crippen LogP) is -2.41. The standard InChI is InChI=1S/CH3NOS2.Na.H/c3-1(4)2-5;;/h5H,(H2,2,3,4);;/q;+1;-1. The van der Waals surface area contributed by atoms with Gasteiger partial charge in [0.25, 0.3) is 5.24 Å². The molecule has 0 fully saturated rings.